The molecule has 0 amide bonds. The molecule has 20 heavy (non-hydrogen) atoms. The first-order valence-electron chi connectivity index (χ1n) is 7.57. The van der Waals surface area contributed by atoms with Gasteiger partial charge >= 0.3 is 5.97 Å². The first kappa shape index (κ1) is 15.4. The third-order valence-electron chi connectivity index (χ3n) is 4.46. The molecule has 1 aromatic carbocycles. The Labute approximate surface area is 126 Å². The number of carboxylic acids is 1. The highest BCUT2D eigenvalue weighted by molar-refractivity contribution is 6.31. The third kappa shape index (κ3) is 3.54. The molecule has 0 radical (unpaired) electrons. The van der Waals surface area contributed by atoms with Gasteiger partial charge in [0.25, 0.3) is 0 Å². The van der Waals surface area contributed by atoms with E-state index in [0.717, 1.165) is 36.3 Å². The Morgan fingerprint density at radius 3 is 2.45 bits per heavy atom. The first-order valence-corrected chi connectivity index (χ1v) is 7.95. The fourth-order valence-corrected chi connectivity index (χ4v) is 3.42. The van der Waals surface area contributed by atoms with E-state index in [4.69, 9.17) is 16.7 Å². The lowest BCUT2D eigenvalue weighted by atomic mass is 9.87. The largest absolute Gasteiger partial charge is 0.481 e. The molecule has 1 fully saturated rings. The monoisotopic (exact) mass is 294 g/mol. The second-order valence-corrected chi connectivity index (χ2v) is 6.24. The molecule has 110 valence electrons. The molecule has 0 spiro atoms. The van der Waals surface area contributed by atoms with Crippen LogP contribution in [0.4, 0.5) is 0 Å². The number of benzene rings is 1. The van der Waals surface area contributed by atoms with E-state index in [0.29, 0.717) is 11.8 Å². The Morgan fingerprint density at radius 1 is 1.35 bits per heavy atom. The van der Waals surface area contributed by atoms with Crippen molar-refractivity contribution in [1.82, 2.24) is 0 Å². The third-order valence-corrected chi connectivity index (χ3v) is 4.79. The van der Waals surface area contributed by atoms with Crippen molar-refractivity contribution < 1.29 is 9.90 Å². The molecule has 1 N–H and O–H groups in total. The number of carbonyl (C=O) groups is 1. The lowest BCUT2D eigenvalue weighted by Crippen LogP contribution is -2.09. The van der Waals surface area contributed by atoms with Crippen molar-refractivity contribution in [3.63, 3.8) is 0 Å². The molecule has 0 bridgehead atoms. The molecular weight excluding hydrogens is 272 g/mol. The van der Waals surface area contributed by atoms with Gasteiger partial charge < -0.3 is 5.11 Å². The van der Waals surface area contributed by atoms with Crippen LogP contribution in [0.15, 0.2) is 18.2 Å². The van der Waals surface area contributed by atoms with Gasteiger partial charge in [0, 0.05) is 5.02 Å². The number of carboxylic acid groups (broad SMARTS) is 1. The molecule has 2 rings (SSSR count). The van der Waals surface area contributed by atoms with E-state index in [1.165, 1.54) is 5.56 Å². The average molecular weight is 295 g/mol. The van der Waals surface area contributed by atoms with Gasteiger partial charge in [0.05, 0.1) is 6.42 Å². The molecule has 1 aromatic rings. The molecule has 1 aliphatic carbocycles. The summed E-state index contributed by atoms with van der Waals surface area (Å²) in [5.74, 6) is 0.430. The molecule has 1 aliphatic rings. The van der Waals surface area contributed by atoms with E-state index in [1.807, 2.05) is 6.07 Å². The van der Waals surface area contributed by atoms with E-state index in [2.05, 4.69) is 26.0 Å². The summed E-state index contributed by atoms with van der Waals surface area (Å²) in [5.41, 5.74) is 2.29. The van der Waals surface area contributed by atoms with Crippen LogP contribution in [0.3, 0.4) is 0 Å². The highest BCUT2D eigenvalue weighted by atomic mass is 35.5. The number of halogens is 1. The van der Waals surface area contributed by atoms with Crippen LogP contribution in [0.1, 0.15) is 68.9 Å². The summed E-state index contributed by atoms with van der Waals surface area (Å²) >= 11 is 6.44. The zero-order chi connectivity index (χ0) is 14.7. The van der Waals surface area contributed by atoms with Gasteiger partial charge in [0.2, 0.25) is 0 Å². The van der Waals surface area contributed by atoms with Gasteiger partial charge in [-0.1, -0.05) is 37.6 Å². The SMILES string of the molecule is CCC(CC)c1ccc(C(CC(=O)O)C2CC2)cc1Cl. The minimum Gasteiger partial charge on any atom is -0.481 e. The highest BCUT2D eigenvalue weighted by Gasteiger charge is 2.34. The summed E-state index contributed by atoms with van der Waals surface area (Å²) in [6.07, 6.45) is 4.66. The van der Waals surface area contributed by atoms with Gasteiger partial charge in [0.15, 0.2) is 0 Å². The predicted molar refractivity (Wildman–Crippen MR) is 82.5 cm³/mol. The molecule has 3 heteroatoms. The van der Waals surface area contributed by atoms with Crippen molar-refractivity contribution >= 4 is 17.6 Å². The summed E-state index contributed by atoms with van der Waals surface area (Å²) in [6, 6.07) is 6.19. The van der Waals surface area contributed by atoms with Crippen LogP contribution in [0.2, 0.25) is 5.02 Å². The summed E-state index contributed by atoms with van der Waals surface area (Å²) in [6.45, 7) is 4.35. The van der Waals surface area contributed by atoms with Crippen LogP contribution in [0, 0.1) is 5.92 Å². The van der Waals surface area contributed by atoms with Crippen LogP contribution in [-0.2, 0) is 4.79 Å². The number of hydrogen-bond donors (Lipinski definition) is 1. The van der Waals surface area contributed by atoms with Gasteiger partial charge in [-0.3, -0.25) is 4.79 Å². The van der Waals surface area contributed by atoms with Crippen molar-refractivity contribution in [3.8, 4) is 0 Å². The number of aliphatic carboxylic acids is 1. The van der Waals surface area contributed by atoms with Crippen LogP contribution < -0.4 is 0 Å². The van der Waals surface area contributed by atoms with Gasteiger partial charge in [-0.05, 0) is 60.6 Å². The van der Waals surface area contributed by atoms with Gasteiger partial charge in [-0.15, -0.1) is 0 Å². The van der Waals surface area contributed by atoms with Crippen LogP contribution >= 0.6 is 11.6 Å². The zero-order valence-corrected chi connectivity index (χ0v) is 13.0. The molecule has 1 unspecified atom stereocenters. The lowest BCUT2D eigenvalue weighted by Gasteiger charge is -2.19. The topological polar surface area (TPSA) is 37.3 Å². The minimum absolute atomic E-state index is 0.126. The molecule has 0 saturated heterocycles. The first-order chi connectivity index (χ1) is 9.56. The molecule has 0 heterocycles. The summed E-state index contributed by atoms with van der Waals surface area (Å²) in [7, 11) is 0. The Morgan fingerprint density at radius 2 is 2.00 bits per heavy atom. The van der Waals surface area contributed by atoms with E-state index < -0.39 is 5.97 Å². The smallest absolute Gasteiger partial charge is 0.303 e. The summed E-state index contributed by atoms with van der Waals surface area (Å²) < 4.78 is 0. The van der Waals surface area contributed by atoms with Crippen molar-refractivity contribution in [1.29, 1.82) is 0 Å². The van der Waals surface area contributed by atoms with Crippen molar-refractivity contribution in [2.75, 3.05) is 0 Å². The lowest BCUT2D eigenvalue weighted by molar-refractivity contribution is -0.137. The quantitative estimate of drug-likeness (QED) is 0.749. The van der Waals surface area contributed by atoms with Crippen LogP contribution in [0.25, 0.3) is 0 Å². The second kappa shape index (κ2) is 6.62. The normalized spacial score (nSPS) is 16.4. The van der Waals surface area contributed by atoms with Gasteiger partial charge in [-0.2, -0.15) is 0 Å². The van der Waals surface area contributed by atoms with Crippen LogP contribution in [0.5, 0.6) is 0 Å². The van der Waals surface area contributed by atoms with E-state index >= 15 is 0 Å². The van der Waals surface area contributed by atoms with E-state index in [9.17, 15) is 4.79 Å². The summed E-state index contributed by atoms with van der Waals surface area (Å²) in [4.78, 5) is 11.0. The van der Waals surface area contributed by atoms with E-state index in [1.54, 1.807) is 0 Å². The number of hydrogen-bond acceptors (Lipinski definition) is 1. The fraction of sp³-hybridized carbons (Fsp3) is 0.588. The Balaban J connectivity index is 2.24. The maximum atomic E-state index is 11.0. The van der Waals surface area contributed by atoms with Crippen molar-refractivity contribution in [2.45, 2.75) is 57.8 Å². The summed E-state index contributed by atoms with van der Waals surface area (Å²) in [5, 5.41) is 9.88. The van der Waals surface area contributed by atoms with Crippen LogP contribution in [-0.4, -0.2) is 11.1 Å². The standard InChI is InChI=1S/C17H23ClO2/c1-3-11(4-2)14-8-7-13(9-16(14)18)15(10-17(19)20)12-5-6-12/h7-9,11-12,15H,3-6,10H2,1-2H3,(H,19,20). The maximum Gasteiger partial charge on any atom is 0.303 e. The number of rotatable bonds is 7. The highest BCUT2D eigenvalue weighted by Crippen LogP contribution is 2.45. The zero-order valence-electron chi connectivity index (χ0n) is 12.2. The van der Waals surface area contributed by atoms with E-state index in [-0.39, 0.29) is 12.3 Å². The van der Waals surface area contributed by atoms with Gasteiger partial charge in [0.1, 0.15) is 0 Å². The minimum atomic E-state index is -0.720. The Bertz CT molecular complexity index is 476. The van der Waals surface area contributed by atoms with Gasteiger partial charge in [-0.25, -0.2) is 0 Å². The molecular formula is C17H23ClO2. The average Bonchev–Trinajstić information content (AvgIpc) is 3.23. The Hall–Kier alpha value is -1.02. The predicted octanol–water partition coefficient (Wildman–Crippen LogP) is 5.21. The molecule has 2 nitrogen and oxygen atoms in total. The molecule has 1 atom stereocenters. The fourth-order valence-electron chi connectivity index (χ4n) is 3.08. The maximum absolute atomic E-state index is 11.0. The molecule has 0 aromatic heterocycles. The molecule has 0 aliphatic heterocycles. The second-order valence-electron chi connectivity index (χ2n) is 5.84. The van der Waals surface area contributed by atoms with Crippen molar-refractivity contribution in [2.24, 2.45) is 5.92 Å². The molecule has 1 saturated carbocycles. The van der Waals surface area contributed by atoms with Crippen molar-refractivity contribution in [3.05, 3.63) is 34.3 Å². The Kier molecular flexibility index (Phi) is 5.09.